The van der Waals surface area contributed by atoms with E-state index in [9.17, 15) is 29.5 Å². The van der Waals surface area contributed by atoms with Crippen LogP contribution in [0.1, 0.15) is 44.0 Å². The van der Waals surface area contributed by atoms with Gasteiger partial charge in [-0.1, -0.05) is 54.6 Å². The molecule has 4 aromatic rings. The summed E-state index contributed by atoms with van der Waals surface area (Å²) >= 11 is 0. The van der Waals surface area contributed by atoms with Crippen LogP contribution < -0.4 is 4.74 Å². The maximum Gasteiger partial charge on any atom is 0.313 e. The number of para-hydroxylation sites is 2. The molecular weight excluding hydrogens is 531 g/mol. The van der Waals surface area contributed by atoms with Crippen molar-refractivity contribution < 1.29 is 34.1 Å². The Balaban J connectivity index is 1.49. The van der Waals surface area contributed by atoms with Crippen molar-refractivity contribution >= 4 is 22.9 Å². The second-order valence-corrected chi connectivity index (χ2v) is 9.85. The first kappa shape index (κ1) is 29.4. The number of benzene rings is 3. The lowest BCUT2D eigenvalue weighted by atomic mass is 10.0. The number of carbonyl (C=O) groups excluding carboxylic acids is 1. The van der Waals surface area contributed by atoms with E-state index in [0.29, 0.717) is 5.56 Å². The van der Waals surface area contributed by atoms with Gasteiger partial charge in [0.25, 0.3) is 5.09 Å². The van der Waals surface area contributed by atoms with Crippen molar-refractivity contribution in [2.45, 2.75) is 51.5 Å². The number of ether oxygens (including phenoxy) is 1. The SMILES string of the molecule is CC(C)n1c(C=C[C@H](O)C[C@H](O)CC(=O)Oc2ccccc2CO[N+](=O)[O-])c(-c2ccc(F)cc2)c2ccccc21. The van der Waals surface area contributed by atoms with Gasteiger partial charge in [-0.05, 0) is 49.8 Å². The molecule has 0 spiro atoms. The number of aliphatic hydroxyl groups excluding tert-OH is 2. The second kappa shape index (κ2) is 13.2. The molecule has 10 heteroatoms. The first-order chi connectivity index (χ1) is 19.6. The zero-order valence-electron chi connectivity index (χ0n) is 22.6. The van der Waals surface area contributed by atoms with Crippen LogP contribution in [0.25, 0.3) is 28.1 Å². The van der Waals surface area contributed by atoms with Gasteiger partial charge in [-0.25, -0.2) is 4.39 Å². The zero-order chi connectivity index (χ0) is 29.5. The minimum Gasteiger partial charge on any atom is -0.426 e. The molecule has 0 aliphatic heterocycles. The number of aliphatic hydroxyl groups is 2. The molecule has 9 nitrogen and oxygen atoms in total. The van der Waals surface area contributed by atoms with E-state index >= 15 is 0 Å². The van der Waals surface area contributed by atoms with E-state index in [1.807, 2.05) is 38.1 Å². The number of aromatic nitrogens is 1. The van der Waals surface area contributed by atoms with Gasteiger partial charge in [-0.3, -0.25) is 4.79 Å². The summed E-state index contributed by atoms with van der Waals surface area (Å²) in [6, 6.07) is 20.4. The minimum absolute atomic E-state index is 0.0740. The molecule has 2 atom stereocenters. The monoisotopic (exact) mass is 562 g/mol. The summed E-state index contributed by atoms with van der Waals surface area (Å²) < 4.78 is 21.1. The molecule has 0 radical (unpaired) electrons. The molecule has 0 unspecified atom stereocenters. The molecule has 3 aromatic carbocycles. The smallest absolute Gasteiger partial charge is 0.313 e. The molecule has 1 heterocycles. The lowest BCUT2D eigenvalue weighted by molar-refractivity contribution is -0.763. The van der Waals surface area contributed by atoms with Crippen LogP contribution in [-0.4, -0.2) is 38.0 Å². The summed E-state index contributed by atoms with van der Waals surface area (Å²) in [6.45, 7) is 3.70. The fourth-order valence-electron chi connectivity index (χ4n) is 4.77. The van der Waals surface area contributed by atoms with Gasteiger partial charge in [0.1, 0.15) is 18.2 Å². The molecule has 0 bridgehead atoms. The normalized spacial score (nSPS) is 13.0. The molecule has 0 aliphatic carbocycles. The van der Waals surface area contributed by atoms with Crippen LogP contribution in [0.2, 0.25) is 0 Å². The Morgan fingerprint density at radius 3 is 2.44 bits per heavy atom. The molecule has 0 aliphatic rings. The second-order valence-electron chi connectivity index (χ2n) is 9.85. The van der Waals surface area contributed by atoms with Crippen molar-refractivity contribution in [3.63, 3.8) is 0 Å². The lowest BCUT2D eigenvalue weighted by Crippen LogP contribution is -2.22. The topological polar surface area (TPSA) is 124 Å². The summed E-state index contributed by atoms with van der Waals surface area (Å²) in [7, 11) is 0. The third kappa shape index (κ3) is 7.36. The fraction of sp³-hybridized carbons (Fsp3) is 0.258. The number of carbonyl (C=O) groups is 1. The average molecular weight is 563 g/mol. The first-order valence-electron chi connectivity index (χ1n) is 13.1. The Kier molecular flexibility index (Phi) is 9.49. The summed E-state index contributed by atoms with van der Waals surface area (Å²) in [5.74, 6) is -1.02. The van der Waals surface area contributed by atoms with Crippen LogP contribution >= 0.6 is 0 Å². The molecule has 2 N–H and O–H groups in total. The third-order valence-electron chi connectivity index (χ3n) is 6.51. The predicted octanol–water partition coefficient (Wildman–Crippen LogP) is 5.86. The summed E-state index contributed by atoms with van der Waals surface area (Å²) in [4.78, 5) is 27.3. The van der Waals surface area contributed by atoms with Crippen molar-refractivity contribution in [1.82, 2.24) is 4.57 Å². The van der Waals surface area contributed by atoms with Crippen LogP contribution in [0.5, 0.6) is 5.75 Å². The quantitative estimate of drug-likeness (QED) is 0.0960. The molecule has 0 fully saturated rings. The zero-order valence-corrected chi connectivity index (χ0v) is 22.6. The van der Waals surface area contributed by atoms with Gasteiger partial charge >= 0.3 is 5.97 Å². The number of hydrogen-bond donors (Lipinski definition) is 2. The van der Waals surface area contributed by atoms with E-state index in [1.165, 1.54) is 24.3 Å². The van der Waals surface area contributed by atoms with Crippen molar-refractivity contribution in [2.24, 2.45) is 0 Å². The van der Waals surface area contributed by atoms with Crippen LogP contribution in [0, 0.1) is 15.9 Å². The van der Waals surface area contributed by atoms with E-state index in [2.05, 4.69) is 9.40 Å². The molecule has 0 saturated heterocycles. The Morgan fingerprint density at radius 2 is 1.73 bits per heavy atom. The highest BCUT2D eigenvalue weighted by molar-refractivity contribution is 6.01. The largest absolute Gasteiger partial charge is 0.426 e. The highest BCUT2D eigenvalue weighted by atomic mass is 19.1. The van der Waals surface area contributed by atoms with Gasteiger partial charge in [0.05, 0.1) is 18.6 Å². The molecular formula is C31H31FN2O7. The molecule has 0 amide bonds. The fourth-order valence-corrected chi connectivity index (χ4v) is 4.77. The molecule has 4 rings (SSSR count). The van der Waals surface area contributed by atoms with Gasteiger partial charge < -0.3 is 24.4 Å². The van der Waals surface area contributed by atoms with Crippen molar-refractivity contribution in [2.75, 3.05) is 0 Å². The first-order valence-corrected chi connectivity index (χ1v) is 13.1. The van der Waals surface area contributed by atoms with Crippen molar-refractivity contribution in [1.29, 1.82) is 0 Å². The van der Waals surface area contributed by atoms with E-state index in [-0.39, 0.29) is 24.0 Å². The number of halogens is 1. The van der Waals surface area contributed by atoms with Gasteiger partial charge in [0, 0.05) is 40.2 Å². The van der Waals surface area contributed by atoms with E-state index in [1.54, 1.807) is 36.4 Å². The lowest BCUT2D eigenvalue weighted by Gasteiger charge is -2.15. The predicted molar refractivity (Wildman–Crippen MR) is 152 cm³/mol. The van der Waals surface area contributed by atoms with Crippen LogP contribution in [-0.2, 0) is 16.2 Å². The number of hydrogen-bond acceptors (Lipinski definition) is 7. The maximum atomic E-state index is 13.7. The van der Waals surface area contributed by atoms with Gasteiger partial charge in [-0.15, -0.1) is 10.1 Å². The Labute approximate surface area is 236 Å². The van der Waals surface area contributed by atoms with E-state index in [0.717, 1.165) is 27.7 Å². The number of nitrogens with zero attached hydrogens (tertiary/aromatic N) is 2. The maximum absolute atomic E-state index is 13.7. The highest BCUT2D eigenvalue weighted by Crippen LogP contribution is 2.38. The summed E-state index contributed by atoms with van der Waals surface area (Å²) in [6.07, 6.45) is 0.502. The van der Waals surface area contributed by atoms with Crippen LogP contribution in [0.4, 0.5) is 4.39 Å². The summed E-state index contributed by atoms with van der Waals surface area (Å²) in [5, 5.41) is 31.7. The number of esters is 1. The van der Waals surface area contributed by atoms with Crippen molar-refractivity contribution in [3.05, 3.63) is 106 Å². The standard InChI is InChI=1S/C31H31FN2O7/c1-20(2)33-27-9-5-4-8-26(27)31(21-11-13-23(32)14-12-21)28(33)16-15-24(35)17-25(36)18-30(37)41-29-10-6-3-7-22(29)19-40-34(38)39/h3-16,20,24-25,35-36H,17-19H2,1-2H3/t24-,25-/m0/s1. The summed E-state index contributed by atoms with van der Waals surface area (Å²) in [5.41, 5.74) is 3.81. The molecule has 41 heavy (non-hydrogen) atoms. The van der Waals surface area contributed by atoms with Crippen molar-refractivity contribution in [3.8, 4) is 16.9 Å². The molecule has 214 valence electrons. The van der Waals surface area contributed by atoms with Gasteiger partial charge in [-0.2, -0.15) is 0 Å². The number of rotatable bonds is 12. The minimum atomic E-state index is -1.21. The van der Waals surface area contributed by atoms with Crippen LogP contribution in [0.15, 0.2) is 78.9 Å². The molecule has 1 aromatic heterocycles. The highest BCUT2D eigenvalue weighted by Gasteiger charge is 2.20. The van der Waals surface area contributed by atoms with Gasteiger partial charge in [0.15, 0.2) is 0 Å². The van der Waals surface area contributed by atoms with E-state index < -0.39 is 36.3 Å². The van der Waals surface area contributed by atoms with E-state index in [4.69, 9.17) is 4.74 Å². The Morgan fingerprint density at radius 1 is 1.05 bits per heavy atom. The molecule has 0 saturated carbocycles. The Hall–Kier alpha value is -4.54. The third-order valence-corrected chi connectivity index (χ3v) is 6.51. The average Bonchev–Trinajstić information content (AvgIpc) is 3.26. The number of fused-ring (bicyclic) bond motifs is 1. The Bertz CT molecular complexity index is 1550. The van der Waals surface area contributed by atoms with Crippen LogP contribution in [0.3, 0.4) is 0 Å². The van der Waals surface area contributed by atoms with Gasteiger partial charge in [0.2, 0.25) is 0 Å².